The molecule has 2 aromatic heterocycles. The molecular formula is C25H30IN5O3S. The Morgan fingerprint density at radius 3 is 2.94 bits per heavy atom. The van der Waals surface area contributed by atoms with Crippen LogP contribution in [0.2, 0.25) is 0 Å². The fourth-order valence-corrected chi connectivity index (χ4v) is 6.71. The molecule has 0 saturated carbocycles. The Labute approximate surface area is 222 Å². The predicted octanol–water partition coefficient (Wildman–Crippen LogP) is 4.10. The number of rotatable bonds is 6. The number of carbonyl (C=O) groups excluding carboxylic acids is 1. The summed E-state index contributed by atoms with van der Waals surface area (Å²) in [6.07, 6.45) is 5.79. The first-order valence-corrected chi connectivity index (χ1v) is 14.0. The van der Waals surface area contributed by atoms with E-state index in [0.29, 0.717) is 24.8 Å². The van der Waals surface area contributed by atoms with Gasteiger partial charge in [0.15, 0.2) is 11.0 Å². The molecule has 1 aromatic carbocycles. The minimum Gasteiger partial charge on any atom is -0.493 e. The van der Waals surface area contributed by atoms with E-state index < -0.39 is 6.10 Å². The number of nitrogen functional groups attached to an aromatic ring is 1. The molecule has 0 unspecified atom stereocenters. The van der Waals surface area contributed by atoms with Crippen molar-refractivity contribution in [1.29, 1.82) is 0 Å². The Balaban J connectivity index is 1.36. The number of nitrogens with two attached hydrogens (primary N) is 1. The number of nitrogens with zero attached hydrogens (tertiary/aromatic N) is 4. The molecule has 0 bridgehead atoms. The molecule has 5 rings (SSSR count). The number of aromatic nitrogens is 3. The maximum absolute atomic E-state index is 12.1. The van der Waals surface area contributed by atoms with Gasteiger partial charge in [0, 0.05) is 34.3 Å². The molecule has 0 aliphatic carbocycles. The molecule has 3 N–H and O–H groups in total. The number of amides is 1. The molecule has 35 heavy (non-hydrogen) atoms. The number of ether oxygens (including phenoxy) is 1. The lowest BCUT2D eigenvalue weighted by atomic mass is 9.93. The third kappa shape index (κ3) is 5.24. The van der Waals surface area contributed by atoms with Crippen molar-refractivity contribution in [2.24, 2.45) is 5.92 Å². The van der Waals surface area contributed by atoms with Crippen LogP contribution in [-0.2, 0) is 17.8 Å². The van der Waals surface area contributed by atoms with Gasteiger partial charge in [-0.1, -0.05) is 11.8 Å². The second-order valence-corrected chi connectivity index (χ2v) is 11.5. The van der Waals surface area contributed by atoms with E-state index in [1.165, 1.54) is 16.1 Å². The highest BCUT2D eigenvalue weighted by Crippen LogP contribution is 2.39. The number of aliphatic hydroxyl groups is 1. The van der Waals surface area contributed by atoms with Gasteiger partial charge in [-0.05, 0) is 91.3 Å². The van der Waals surface area contributed by atoms with Crippen LogP contribution in [0.4, 0.5) is 5.82 Å². The average Bonchev–Trinajstić information content (AvgIpc) is 3.21. The fraction of sp³-hybridized carbons (Fsp3) is 0.480. The second kappa shape index (κ2) is 10.5. The van der Waals surface area contributed by atoms with Crippen LogP contribution < -0.4 is 10.5 Å². The van der Waals surface area contributed by atoms with Crippen molar-refractivity contribution in [3.8, 4) is 5.75 Å². The van der Waals surface area contributed by atoms with E-state index in [1.807, 2.05) is 6.07 Å². The van der Waals surface area contributed by atoms with Crippen LogP contribution in [0.5, 0.6) is 5.75 Å². The Hall–Kier alpha value is -2.05. The minimum atomic E-state index is -0.931. The number of halogens is 1. The summed E-state index contributed by atoms with van der Waals surface area (Å²) in [6.45, 7) is 4.51. The van der Waals surface area contributed by atoms with E-state index in [2.05, 4.69) is 44.3 Å². The molecule has 1 fully saturated rings. The van der Waals surface area contributed by atoms with Gasteiger partial charge >= 0.3 is 0 Å². The number of likely N-dealkylation sites (tertiary alicyclic amines) is 1. The van der Waals surface area contributed by atoms with E-state index in [9.17, 15) is 9.90 Å². The lowest BCUT2D eigenvalue weighted by Gasteiger charge is -2.33. The van der Waals surface area contributed by atoms with Crippen molar-refractivity contribution in [3.63, 3.8) is 0 Å². The van der Waals surface area contributed by atoms with Gasteiger partial charge < -0.3 is 25.0 Å². The van der Waals surface area contributed by atoms with E-state index in [4.69, 9.17) is 15.5 Å². The maximum Gasteiger partial charge on any atom is 0.251 e. The van der Waals surface area contributed by atoms with Crippen molar-refractivity contribution in [2.45, 2.75) is 61.7 Å². The predicted molar refractivity (Wildman–Crippen MR) is 145 cm³/mol. The number of aliphatic hydroxyl groups excluding tert-OH is 1. The highest BCUT2D eigenvalue weighted by molar-refractivity contribution is 14.1. The van der Waals surface area contributed by atoms with Gasteiger partial charge in [0.1, 0.15) is 17.4 Å². The number of piperidine rings is 1. The third-order valence-electron chi connectivity index (χ3n) is 6.87. The van der Waals surface area contributed by atoms with Gasteiger partial charge in [-0.25, -0.2) is 9.97 Å². The quantitative estimate of drug-likeness (QED) is 0.408. The number of aryl methyl sites for hydroxylation is 2. The first-order valence-electron chi connectivity index (χ1n) is 12.1. The monoisotopic (exact) mass is 604 g/mol. The van der Waals surface area contributed by atoms with Crippen LogP contribution in [0.15, 0.2) is 34.4 Å². The van der Waals surface area contributed by atoms with E-state index in [0.717, 1.165) is 72.1 Å². The maximum atomic E-state index is 12.1. The Morgan fingerprint density at radius 2 is 2.17 bits per heavy atom. The highest BCUT2D eigenvalue weighted by atomic mass is 124. The highest BCUT2D eigenvalue weighted by Gasteiger charge is 2.26. The standard InChI is InChI=1S/C25H30IN5O3S/c1-15(32)24(33)30-9-5-16(6-10-30)7-11-31-19-4-8-28-23(27)22(19)29-25(31)35-21-14-20-17(13-18(21)26)3-2-12-34-20/h4,8,13-16,32H,2-3,5-7,9-12H2,1H3,(H2,27,28)/t15-/m0/s1/i26-3. The minimum absolute atomic E-state index is 0.172. The Morgan fingerprint density at radius 1 is 1.37 bits per heavy atom. The van der Waals surface area contributed by atoms with Crippen molar-refractivity contribution in [2.75, 3.05) is 25.4 Å². The van der Waals surface area contributed by atoms with Crippen LogP contribution in [-0.4, -0.2) is 56.2 Å². The molecule has 4 heterocycles. The topological polar surface area (TPSA) is 106 Å². The number of hydrogen-bond acceptors (Lipinski definition) is 7. The molecule has 2 aliphatic rings. The van der Waals surface area contributed by atoms with E-state index in [1.54, 1.807) is 22.9 Å². The number of benzene rings is 1. The van der Waals surface area contributed by atoms with Crippen LogP contribution in [0.3, 0.4) is 0 Å². The van der Waals surface area contributed by atoms with Gasteiger partial charge in [0.05, 0.1) is 12.1 Å². The lowest BCUT2D eigenvalue weighted by molar-refractivity contribution is -0.140. The second-order valence-electron chi connectivity index (χ2n) is 9.29. The zero-order chi connectivity index (χ0) is 24.5. The Bertz CT molecular complexity index is 1240. The summed E-state index contributed by atoms with van der Waals surface area (Å²) in [5.74, 6) is 1.76. The van der Waals surface area contributed by atoms with Gasteiger partial charge in [-0.2, -0.15) is 0 Å². The Kier molecular flexibility index (Phi) is 7.40. The van der Waals surface area contributed by atoms with Crippen molar-refractivity contribution >= 4 is 57.1 Å². The largest absolute Gasteiger partial charge is 0.493 e. The smallest absolute Gasteiger partial charge is 0.251 e. The van der Waals surface area contributed by atoms with E-state index in [-0.39, 0.29) is 5.91 Å². The van der Waals surface area contributed by atoms with Gasteiger partial charge in [0.2, 0.25) is 0 Å². The number of hydrogen-bond donors (Lipinski definition) is 2. The van der Waals surface area contributed by atoms with Crippen LogP contribution in [0.25, 0.3) is 11.0 Å². The van der Waals surface area contributed by atoms with Gasteiger partial charge in [0.25, 0.3) is 5.91 Å². The molecule has 1 saturated heterocycles. The molecule has 1 atom stereocenters. The van der Waals surface area contributed by atoms with Gasteiger partial charge in [-0.15, -0.1) is 0 Å². The van der Waals surface area contributed by atoms with Crippen molar-refractivity contribution in [1.82, 2.24) is 19.4 Å². The SMILES string of the molecule is C[C@H](O)C(=O)N1CCC(CCn2c(Sc3cc4c(cc3[124I])CCCO4)nc3c(N)nccc32)CC1. The average molecular weight is 605 g/mol. The van der Waals surface area contributed by atoms with E-state index >= 15 is 0 Å². The molecule has 3 aromatic rings. The first kappa shape index (κ1) is 24.6. The van der Waals surface area contributed by atoms with Crippen LogP contribution in [0, 0.1) is 9.49 Å². The molecular weight excluding hydrogens is 574 g/mol. The summed E-state index contributed by atoms with van der Waals surface area (Å²) in [5, 5.41) is 10.5. The normalized spacial score (nSPS) is 17.3. The first-order chi connectivity index (χ1) is 16.9. The fourth-order valence-electron chi connectivity index (χ4n) is 4.89. The number of anilines is 1. The van der Waals surface area contributed by atoms with Crippen LogP contribution in [0.1, 0.15) is 38.2 Å². The zero-order valence-corrected chi connectivity index (χ0v) is 22.7. The summed E-state index contributed by atoms with van der Waals surface area (Å²) in [4.78, 5) is 24.1. The number of fused-ring (bicyclic) bond motifs is 2. The zero-order valence-electron chi connectivity index (χ0n) is 19.7. The van der Waals surface area contributed by atoms with Crippen molar-refractivity contribution in [3.05, 3.63) is 33.5 Å². The number of pyridine rings is 1. The summed E-state index contributed by atoms with van der Waals surface area (Å²) < 4.78 is 9.36. The summed E-state index contributed by atoms with van der Waals surface area (Å²) in [7, 11) is 0. The molecule has 0 radical (unpaired) electrons. The molecule has 2 aliphatic heterocycles. The molecule has 186 valence electrons. The summed E-state index contributed by atoms with van der Waals surface area (Å²) in [6, 6.07) is 6.34. The van der Waals surface area contributed by atoms with Gasteiger partial charge in [-0.3, -0.25) is 4.79 Å². The van der Waals surface area contributed by atoms with Crippen molar-refractivity contribution < 1.29 is 14.6 Å². The molecule has 1 amide bonds. The molecule has 0 spiro atoms. The third-order valence-corrected chi connectivity index (χ3v) is 9.18. The number of carbonyl (C=O) groups is 1. The number of imidazole rings is 1. The van der Waals surface area contributed by atoms with Crippen LogP contribution >= 0.6 is 34.4 Å². The summed E-state index contributed by atoms with van der Waals surface area (Å²) in [5.41, 5.74) is 9.18. The lowest BCUT2D eigenvalue weighted by Crippen LogP contribution is -2.43. The summed E-state index contributed by atoms with van der Waals surface area (Å²) >= 11 is 4.04. The molecule has 8 nitrogen and oxygen atoms in total. The molecule has 10 heteroatoms.